The highest BCUT2D eigenvalue weighted by atomic mass is 32.1. The Hall–Kier alpha value is -2.94. The molecule has 0 aliphatic carbocycles. The van der Waals surface area contributed by atoms with E-state index in [0.29, 0.717) is 17.1 Å². The monoisotopic (exact) mass is 361 g/mol. The van der Waals surface area contributed by atoms with Crippen LogP contribution in [0.25, 0.3) is 0 Å². The molecule has 0 fully saturated rings. The number of rotatable bonds is 6. The summed E-state index contributed by atoms with van der Waals surface area (Å²) in [5.74, 6) is 0.355. The molecular weight excluding hydrogens is 346 g/mol. The quantitative estimate of drug-likeness (QED) is 0.484. The van der Waals surface area contributed by atoms with Crippen molar-refractivity contribution >= 4 is 29.1 Å². The van der Waals surface area contributed by atoms with Crippen molar-refractivity contribution in [3.63, 3.8) is 0 Å². The molecule has 2 heterocycles. The van der Waals surface area contributed by atoms with Gasteiger partial charge in [0, 0.05) is 10.3 Å². The zero-order chi connectivity index (χ0) is 17.8. The highest BCUT2D eigenvalue weighted by molar-refractivity contribution is 7.10. The second kappa shape index (κ2) is 7.31. The summed E-state index contributed by atoms with van der Waals surface area (Å²) in [6, 6.07) is 4.56. The number of nitrogens with one attached hydrogen (secondary N) is 1. The summed E-state index contributed by atoms with van der Waals surface area (Å²) in [6.45, 7) is 2.09. The van der Waals surface area contributed by atoms with Crippen LogP contribution in [0.5, 0.6) is 11.5 Å². The molecule has 0 bridgehead atoms. The van der Waals surface area contributed by atoms with Crippen molar-refractivity contribution in [2.45, 2.75) is 19.8 Å². The van der Waals surface area contributed by atoms with Crippen LogP contribution in [-0.2, 0) is 6.42 Å². The van der Waals surface area contributed by atoms with Crippen molar-refractivity contribution < 1.29 is 19.2 Å². The summed E-state index contributed by atoms with van der Waals surface area (Å²) >= 11 is 1.52. The van der Waals surface area contributed by atoms with Gasteiger partial charge in [-0.3, -0.25) is 14.9 Å². The maximum atomic E-state index is 12.1. The summed E-state index contributed by atoms with van der Waals surface area (Å²) in [6.07, 6.45) is 3.15. The highest BCUT2D eigenvalue weighted by Crippen LogP contribution is 2.37. The van der Waals surface area contributed by atoms with Crippen LogP contribution in [0.2, 0.25) is 0 Å². The van der Waals surface area contributed by atoms with Gasteiger partial charge in [-0.2, -0.15) is 5.10 Å². The average Bonchev–Trinajstić information content (AvgIpc) is 3.22. The summed E-state index contributed by atoms with van der Waals surface area (Å²) in [5, 5.41) is 16.7. The van der Waals surface area contributed by atoms with Crippen molar-refractivity contribution in [3.8, 4) is 11.5 Å². The molecule has 1 aromatic heterocycles. The molecule has 3 rings (SSSR count). The van der Waals surface area contributed by atoms with Gasteiger partial charge in [0.15, 0.2) is 11.5 Å². The van der Waals surface area contributed by atoms with Crippen LogP contribution in [0, 0.1) is 10.1 Å². The topological polar surface area (TPSA) is 103 Å². The summed E-state index contributed by atoms with van der Waals surface area (Å²) in [7, 11) is 0. The number of nitro groups is 1. The van der Waals surface area contributed by atoms with Crippen molar-refractivity contribution in [3.05, 3.63) is 49.7 Å². The van der Waals surface area contributed by atoms with Crippen LogP contribution >= 0.6 is 11.3 Å². The number of benzene rings is 1. The number of hydrazone groups is 1. The largest absolute Gasteiger partial charge is 0.454 e. The Morgan fingerprint density at radius 3 is 2.88 bits per heavy atom. The molecule has 130 valence electrons. The Labute approximate surface area is 147 Å². The van der Waals surface area contributed by atoms with Crippen molar-refractivity contribution in [2.75, 3.05) is 6.79 Å². The van der Waals surface area contributed by atoms with E-state index in [0.717, 1.165) is 17.7 Å². The van der Waals surface area contributed by atoms with Crippen LogP contribution in [0.1, 0.15) is 34.1 Å². The van der Waals surface area contributed by atoms with E-state index in [1.807, 2.05) is 6.07 Å². The molecule has 0 radical (unpaired) electrons. The Morgan fingerprint density at radius 1 is 1.40 bits per heavy atom. The Bertz CT molecular complexity index is 846. The average molecular weight is 361 g/mol. The van der Waals surface area contributed by atoms with Gasteiger partial charge >= 0.3 is 0 Å². The van der Waals surface area contributed by atoms with Crippen LogP contribution in [-0.4, -0.2) is 23.8 Å². The van der Waals surface area contributed by atoms with E-state index < -0.39 is 4.92 Å². The predicted molar refractivity (Wildman–Crippen MR) is 92.6 cm³/mol. The predicted octanol–water partition coefficient (Wildman–Crippen LogP) is 3.10. The molecule has 0 saturated heterocycles. The molecule has 0 spiro atoms. The fourth-order valence-corrected chi connectivity index (χ4v) is 3.28. The molecule has 1 aliphatic rings. The number of nitro benzene ring substituents is 1. The molecule has 0 unspecified atom stereocenters. The molecule has 0 atom stereocenters. The van der Waals surface area contributed by atoms with Crippen molar-refractivity contribution in [1.29, 1.82) is 0 Å². The number of amides is 1. The molecule has 25 heavy (non-hydrogen) atoms. The van der Waals surface area contributed by atoms with Gasteiger partial charge in [0.2, 0.25) is 6.79 Å². The lowest BCUT2D eigenvalue weighted by molar-refractivity contribution is -0.385. The number of carbonyl (C=O) groups is 1. The first-order valence-corrected chi connectivity index (χ1v) is 8.45. The number of hydrogen-bond donors (Lipinski definition) is 1. The van der Waals surface area contributed by atoms with Gasteiger partial charge in [-0.1, -0.05) is 13.3 Å². The minimum Gasteiger partial charge on any atom is -0.454 e. The van der Waals surface area contributed by atoms with E-state index in [1.165, 1.54) is 29.7 Å². The smallest absolute Gasteiger partial charge is 0.282 e. The third-order valence-corrected chi connectivity index (χ3v) is 4.50. The molecule has 1 aliphatic heterocycles. The van der Waals surface area contributed by atoms with Gasteiger partial charge in [-0.25, -0.2) is 5.43 Å². The van der Waals surface area contributed by atoms with E-state index >= 15 is 0 Å². The standard InChI is InChI=1S/C16H15N3O5S/c1-2-3-12-4-11(8-25-12)16(20)18-17-7-10-5-14-15(24-9-23-14)6-13(10)19(21)22/h4-8H,2-3,9H2,1H3,(H,18,20)/b17-7-. The maximum absolute atomic E-state index is 12.1. The molecule has 1 N–H and O–H groups in total. The first-order chi connectivity index (χ1) is 12.1. The number of ether oxygens (including phenoxy) is 2. The van der Waals surface area contributed by atoms with Crippen LogP contribution in [0.15, 0.2) is 28.7 Å². The third kappa shape index (κ3) is 3.77. The lowest BCUT2D eigenvalue weighted by Crippen LogP contribution is -2.16. The highest BCUT2D eigenvalue weighted by Gasteiger charge is 2.22. The summed E-state index contributed by atoms with van der Waals surface area (Å²) in [5.41, 5.74) is 2.94. The maximum Gasteiger partial charge on any atom is 0.282 e. The number of aryl methyl sites for hydroxylation is 1. The Kier molecular flexibility index (Phi) is 4.94. The van der Waals surface area contributed by atoms with E-state index in [9.17, 15) is 14.9 Å². The van der Waals surface area contributed by atoms with Gasteiger partial charge in [-0.15, -0.1) is 11.3 Å². The summed E-state index contributed by atoms with van der Waals surface area (Å²) < 4.78 is 10.3. The van der Waals surface area contributed by atoms with E-state index in [4.69, 9.17) is 9.47 Å². The Balaban J connectivity index is 1.73. The minimum atomic E-state index is -0.541. The van der Waals surface area contributed by atoms with E-state index in [-0.39, 0.29) is 24.0 Å². The van der Waals surface area contributed by atoms with Crippen LogP contribution in [0.3, 0.4) is 0 Å². The molecule has 2 aromatic rings. The third-order valence-electron chi connectivity index (χ3n) is 3.50. The van der Waals surface area contributed by atoms with E-state index in [1.54, 1.807) is 5.38 Å². The van der Waals surface area contributed by atoms with Gasteiger partial charge in [0.05, 0.1) is 28.3 Å². The van der Waals surface area contributed by atoms with Gasteiger partial charge in [-0.05, 0) is 18.6 Å². The number of hydrogen-bond acceptors (Lipinski definition) is 7. The lowest BCUT2D eigenvalue weighted by atomic mass is 10.1. The Morgan fingerprint density at radius 2 is 2.16 bits per heavy atom. The van der Waals surface area contributed by atoms with Crippen LogP contribution in [0.4, 0.5) is 5.69 Å². The molecular formula is C16H15N3O5S. The van der Waals surface area contributed by atoms with Crippen molar-refractivity contribution in [2.24, 2.45) is 5.10 Å². The zero-order valence-corrected chi connectivity index (χ0v) is 14.2. The van der Waals surface area contributed by atoms with Gasteiger partial charge in [0.1, 0.15) is 0 Å². The molecule has 9 heteroatoms. The van der Waals surface area contributed by atoms with E-state index in [2.05, 4.69) is 17.5 Å². The number of nitrogens with zero attached hydrogens (tertiary/aromatic N) is 2. The zero-order valence-electron chi connectivity index (χ0n) is 13.4. The SMILES string of the molecule is CCCc1cc(C(=O)N/N=C\c2cc3c(cc2[N+](=O)[O-])OCO3)cs1. The number of carbonyl (C=O) groups excluding carboxylic acids is 1. The minimum absolute atomic E-state index is 0.0159. The first kappa shape index (κ1) is 16.9. The van der Waals surface area contributed by atoms with Gasteiger partial charge in [0.25, 0.3) is 11.6 Å². The first-order valence-electron chi connectivity index (χ1n) is 7.57. The fourth-order valence-electron chi connectivity index (χ4n) is 2.31. The molecule has 8 nitrogen and oxygen atoms in total. The second-order valence-electron chi connectivity index (χ2n) is 5.27. The molecule has 1 amide bonds. The van der Waals surface area contributed by atoms with Crippen molar-refractivity contribution in [1.82, 2.24) is 5.43 Å². The van der Waals surface area contributed by atoms with Crippen LogP contribution < -0.4 is 14.9 Å². The normalized spacial score (nSPS) is 12.5. The second-order valence-corrected chi connectivity index (χ2v) is 6.27. The summed E-state index contributed by atoms with van der Waals surface area (Å²) in [4.78, 5) is 23.8. The fraction of sp³-hybridized carbons (Fsp3) is 0.250. The lowest BCUT2D eigenvalue weighted by Gasteiger charge is -2.01. The molecule has 1 aromatic carbocycles. The number of fused-ring (bicyclic) bond motifs is 1. The number of thiophene rings is 1. The van der Waals surface area contributed by atoms with Gasteiger partial charge < -0.3 is 9.47 Å². The molecule has 0 saturated carbocycles.